The van der Waals surface area contributed by atoms with E-state index in [0.717, 1.165) is 61.3 Å². The first-order valence-corrected chi connectivity index (χ1v) is 11.0. The van der Waals surface area contributed by atoms with E-state index in [1.54, 1.807) is 0 Å². The molecule has 166 valence electrons. The van der Waals surface area contributed by atoms with Crippen LogP contribution in [0.2, 0.25) is 0 Å². The Morgan fingerprint density at radius 3 is 2.34 bits per heavy atom. The van der Waals surface area contributed by atoms with Crippen LogP contribution in [0, 0.1) is 31.6 Å². The molecule has 3 rings (SSSR count). The summed E-state index contributed by atoms with van der Waals surface area (Å²) >= 11 is 0. The zero-order valence-corrected chi connectivity index (χ0v) is 21.2. The minimum absolute atomic E-state index is 0. The normalized spacial score (nSPS) is 26.8. The molecule has 0 amide bonds. The maximum Gasteiger partial charge on any atom is 0.208 e. The number of oxazole rings is 1. The molecule has 2 atom stereocenters. The highest BCUT2D eigenvalue weighted by atomic mass is 127. The highest BCUT2D eigenvalue weighted by Gasteiger charge is 2.25. The number of rotatable bonds is 5. The van der Waals surface area contributed by atoms with E-state index >= 15 is 0 Å². The standard InChI is InChI=1S/C22H39N5O.HI/c1-15-10-16(2)12-20(11-15)26-22(23-5)24-13-19-6-8-27(9-7-19)14-21-25-17(3)18(4)28-21;/h15-16,19-20H,6-14H2,1-5H3,(H2,23,24,26);1H. The van der Waals surface area contributed by atoms with Gasteiger partial charge in [-0.15, -0.1) is 24.0 Å². The molecule has 1 aromatic heterocycles. The molecular weight excluding hydrogens is 477 g/mol. The SMILES string of the molecule is CN=C(NCC1CCN(Cc2nc(C)c(C)o2)CC1)NC1CC(C)CC(C)C1.I. The average molecular weight is 518 g/mol. The second-order valence-corrected chi connectivity index (χ2v) is 9.18. The summed E-state index contributed by atoms with van der Waals surface area (Å²) in [5, 5.41) is 7.24. The van der Waals surface area contributed by atoms with Gasteiger partial charge in [-0.05, 0) is 76.8 Å². The molecule has 6 nitrogen and oxygen atoms in total. The number of nitrogens with one attached hydrogen (secondary N) is 2. The van der Waals surface area contributed by atoms with Gasteiger partial charge in [-0.1, -0.05) is 13.8 Å². The molecule has 1 aliphatic carbocycles. The first-order chi connectivity index (χ1) is 13.4. The summed E-state index contributed by atoms with van der Waals surface area (Å²) in [7, 11) is 1.88. The third kappa shape index (κ3) is 7.42. The van der Waals surface area contributed by atoms with Gasteiger partial charge in [-0.2, -0.15) is 0 Å². The van der Waals surface area contributed by atoms with Crippen molar-refractivity contribution in [3.8, 4) is 0 Å². The Morgan fingerprint density at radius 1 is 1.14 bits per heavy atom. The van der Waals surface area contributed by atoms with Crippen molar-refractivity contribution in [2.24, 2.45) is 22.7 Å². The van der Waals surface area contributed by atoms with Crippen molar-refractivity contribution >= 4 is 29.9 Å². The number of aryl methyl sites for hydroxylation is 2. The molecule has 2 heterocycles. The van der Waals surface area contributed by atoms with Crippen LogP contribution in [0.4, 0.5) is 0 Å². The van der Waals surface area contributed by atoms with Crippen LogP contribution in [0.1, 0.15) is 63.3 Å². The highest BCUT2D eigenvalue weighted by Crippen LogP contribution is 2.28. The molecule has 0 aromatic carbocycles. The van der Waals surface area contributed by atoms with Gasteiger partial charge in [0, 0.05) is 19.6 Å². The van der Waals surface area contributed by atoms with E-state index in [-0.39, 0.29) is 24.0 Å². The lowest BCUT2D eigenvalue weighted by Gasteiger charge is -2.34. The third-order valence-electron chi connectivity index (χ3n) is 6.44. The summed E-state index contributed by atoms with van der Waals surface area (Å²) in [6, 6.07) is 0.555. The van der Waals surface area contributed by atoms with Crippen LogP contribution in [0.3, 0.4) is 0 Å². The Labute approximate surface area is 193 Å². The van der Waals surface area contributed by atoms with Gasteiger partial charge in [0.15, 0.2) is 5.96 Å². The van der Waals surface area contributed by atoms with E-state index in [4.69, 9.17) is 4.42 Å². The summed E-state index contributed by atoms with van der Waals surface area (Å²) < 4.78 is 5.74. The summed E-state index contributed by atoms with van der Waals surface area (Å²) in [6.07, 6.45) is 6.28. The smallest absolute Gasteiger partial charge is 0.208 e. The Morgan fingerprint density at radius 2 is 1.79 bits per heavy atom. The Balaban J connectivity index is 0.00000300. The maximum atomic E-state index is 5.74. The molecule has 1 saturated carbocycles. The van der Waals surface area contributed by atoms with Crippen molar-refractivity contribution in [1.82, 2.24) is 20.5 Å². The number of hydrogen-bond donors (Lipinski definition) is 2. The summed E-state index contributed by atoms with van der Waals surface area (Å²) in [5.74, 6) is 5.08. The van der Waals surface area contributed by atoms with Gasteiger partial charge in [0.25, 0.3) is 0 Å². The van der Waals surface area contributed by atoms with Crippen LogP contribution in [-0.2, 0) is 6.54 Å². The van der Waals surface area contributed by atoms with E-state index in [1.807, 2.05) is 20.9 Å². The van der Waals surface area contributed by atoms with Gasteiger partial charge in [0.1, 0.15) is 5.76 Å². The predicted octanol–water partition coefficient (Wildman–Crippen LogP) is 4.11. The zero-order valence-electron chi connectivity index (χ0n) is 18.8. The lowest BCUT2D eigenvalue weighted by atomic mass is 9.80. The van der Waals surface area contributed by atoms with Gasteiger partial charge >= 0.3 is 0 Å². The van der Waals surface area contributed by atoms with Gasteiger partial charge in [0.05, 0.1) is 12.2 Å². The lowest BCUT2D eigenvalue weighted by Crippen LogP contribution is -2.48. The maximum absolute atomic E-state index is 5.74. The van der Waals surface area contributed by atoms with Crippen LogP contribution in [0.15, 0.2) is 9.41 Å². The van der Waals surface area contributed by atoms with Crippen LogP contribution < -0.4 is 10.6 Å². The van der Waals surface area contributed by atoms with Crippen molar-refractivity contribution in [2.75, 3.05) is 26.7 Å². The minimum Gasteiger partial charge on any atom is -0.444 e. The molecule has 2 fully saturated rings. The number of guanidine groups is 1. The molecule has 2 N–H and O–H groups in total. The quantitative estimate of drug-likeness (QED) is 0.350. The molecule has 2 aliphatic rings. The summed E-state index contributed by atoms with van der Waals surface area (Å²) in [6.45, 7) is 12.8. The van der Waals surface area contributed by atoms with Gasteiger partial charge in [-0.3, -0.25) is 9.89 Å². The summed E-state index contributed by atoms with van der Waals surface area (Å²) in [5.41, 5.74) is 1.01. The number of halogens is 1. The number of aliphatic imine (C=N–C) groups is 1. The van der Waals surface area contributed by atoms with Gasteiger partial charge in [0.2, 0.25) is 5.89 Å². The molecule has 29 heavy (non-hydrogen) atoms. The van der Waals surface area contributed by atoms with E-state index in [9.17, 15) is 0 Å². The average Bonchev–Trinajstić information content (AvgIpc) is 2.96. The number of aromatic nitrogens is 1. The van der Waals surface area contributed by atoms with E-state index in [1.165, 1.54) is 32.1 Å². The minimum atomic E-state index is 0. The van der Waals surface area contributed by atoms with Crippen molar-refractivity contribution in [1.29, 1.82) is 0 Å². The van der Waals surface area contributed by atoms with E-state index < -0.39 is 0 Å². The highest BCUT2D eigenvalue weighted by molar-refractivity contribution is 14.0. The second kappa shape index (κ2) is 11.5. The predicted molar refractivity (Wildman–Crippen MR) is 130 cm³/mol. The monoisotopic (exact) mass is 517 g/mol. The van der Waals surface area contributed by atoms with Crippen LogP contribution in [0.5, 0.6) is 0 Å². The second-order valence-electron chi connectivity index (χ2n) is 9.18. The van der Waals surface area contributed by atoms with Crippen molar-refractivity contribution < 1.29 is 4.42 Å². The fraction of sp³-hybridized carbons (Fsp3) is 0.818. The van der Waals surface area contributed by atoms with E-state index in [0.29, 0.717) is 12.0 Å². The molecular formula is C22H40IN5O. The Kier molecular flexibility index (Phi) is 9.72. The zero-order chi connectivity index (χ0) is 20.1. The number of nitrogens with zero attached hydrogens (tertiary/aromatic N) is 3. The van der Waals surface area contributed by atoms with Gasteiger partial charge < -0.3 is 15.1 Å². The van der Waals surface area contributed by atoms with Crippen molar-refractivity contribution in [3.63, 3.8) is 0 Å². The van der Waals surface area contributed by atoms with Crippen LogP contribution in [-0.4, -0.2) is 48.6 Å². The van der Waals surface area contributed by atoms with Gasteiger partial charge in [-0.25, -0.2) is 4.98 Å². The van der Waals surface area contributed by atoms with Crippen LogP contribution in [0.25, 0.3) is 0 Å². The molecule has 0 radical (unpaired) electrons. The fourth-order valence-corrected chi connectivity index (χ4v) is 4.84. The fourth-order valence-electron chi connectivity index (χ4n) is 4.84. The molecule has 7 heteroatoms. The first kappa shape index (κ1) is 24.4. The Bertz CT molecular complexity index is 624. The largest absolute Gasteiger partial charge is 0.444 e. The lowest BCUT2D eigenvalue weighted by molar-refractivity contribution is 0.164. The van der Waals surface area contributed by atoms with E-state index in [2.05, 4.69) is 39.4 Å². The molecule has 1 aromatic rings. The number of likely N-dealkylation sites (tertiary alicyclic amines) is 1. The Hall–Kier alpha value is -0.830. The molecule has 1 saturated heterocycles. The number of hydrogen-bond acceptors (Lipinski definition) is 4. The first-order valence-electron chi connectivity index (χ1n) is 11.0. The molecule has 0 spiro atoms. The third-order valence-corrected chi connectivity index (χ3v) is 6.44. The van der Waals surface area contributed by atoms with Crippen molar-refractivity contribution in [3.05, 3.63) is 17.3 Å². The topological polar surface area (TPSA) is 65.7 Å². The summed E-state index contributed by atoms with van der Waals surface area (Å²) in [4.78, 5) is 11.4. The van der Waals surface area contributed by atoms with Crippen LogP contribution >= 0.6 is 24.0 Å². The number of piperidine rings is 1. The molecule has 2 unspecified atom stereocenters. The molecule has 0 bridgehead atoms. The van der Waals surface area contributed by atoms with Crippen molar-refractivity contribution in [2.45, 2.75) is 72.4 Å². The molecule has 1 aliphatic heterocycles.